The van der Waals surface area contributed by atoms with Crippen LogP contribution in [0.25, 0.3) is 0 Å². The summed E-state index contributed by atoms with van der Waals surface area (Å²) in [4.78, 5) is 14.8. The topological polar surface area (TPSA) is 46.3 Å². The van der Waals surface area contributed by atoms with Gasteiger partial charge in [0.25, 0.3) is 0 Å². The van der Waals surface area contributed by atoms with Gasteiger partial charge in [-0.15, -0.1) is 0 Å². The van der Waals surface area contributed by atoms with Crippen LogP contribution in [0.1, 0.15) is 41.5 Å². The van der Waals surface area contributed by atoms with E-state index in [0.29, 0.717) is 6.42 Å². The van der Waals surface area contributed by atoms with E-state index in [-0.39, 0.29) is 11.3 Å². The summed E-state index contributed by atoms with van der Waals surface area (Å²) in [5.74, 6) is 0.103. The Bertz CT molecular complexity index is 788. The predicted molar refractivity (Wildman–Crippen MR) is 105 cm³/mol. The van der Waals surface area contributed by atoms with E-state index in [4.69, 9.17) is 5.73 Å². The van der Waals surface area contributed by atoms with E-state index < -0.39 is 6.04 Å². The third-order valence-corrected chi connectivity index (χ3v) is 6.39. The SMILES string of the molecule is Cc1ccc(CC(N)C(=O)N2CCC3(CCc4ccccc43)CC2)cc1. The van der Waals surface area contributed by atoms with Gasteiger partial charge in [0.05, 0.1) is 6.04 Å². The van der Waals surface area contributed by atoms with Crippen molar-refractivity contribution >= 4 is 5.91 Å². The molecule has 1 fully saturated rings. The van der Waals surface area contributed by atoms with Gasteiger partial charge in [0, 0.05) is 13.1 Å². The number of piperidine rings is 1. The maximum atomic E-state index is 12.8. The minimum absolute atomic E-state index is 0.103. The Morgan fingerprint density at radius 1 is 1.08 bits per heavy atom. The number of rotatable bonds is 3. The Morgan fingerprint density at radius 3 is 2.50 bits per heavy atom. The maximum Gasteiger partial charge on any atom is 0.239 e. The normalized spacial score (nSPS) is 19.4. The first-order valence-corrected chi connectivity index (χ1v) is 9.76. The lowest BCUT2D eigenvalue weighted by Crippen LogP contribution is -2.50. The highest BCUT2D eigenvalue weighted by Crippen LogP contribution is 2.46. The van der Waals surface area contributed by atoms with Crippen LogP contribution in [0.2, 0.25) is 0 Å². The van der Waals surface area contributed by atoms with Crippen LogP contribution in [0.15, 0.2) is 48.5 Å². The lowest BCUT2D eigenvalue weighted by Gasteiger charge is -2.41. The molecule has 1 unspecified atom stereocenters. The number of carbonyl (C=O) groups excluding carboxylic acids is 1. The number of hydrogen-bond acceptors (Lipinski definition) is 2. The summed E-state index contributed by atoms with van der Waals surface area (Å²) < 4.78 is 0. The highest BCUT2D eigenvalue weighted by molar-refractivity contribution is 5.82. The molecule has 3 heteroatoms. The Hall–Kier alpha value is -2.13. The van der Waals surface area contributed by atoms with Crippen molar-refractivity contribution in [1.29, 1.82) is 0 Å². The summed E-state index contributed by atoms with van der Waals surface area (Å²) in [5.41, 5.74) is 11.9. The molecule has 0 aromatic heterocycles. The van der Waals surface area contributed by atoms with Gasteiger partial charge in [0.1, 0.15) is 0 Å². The molecule has 0 bridgehead atoms. The molecule has 2 aliphatic rings. The highest BCUT2D eigenvalue weighted by atomic mass is 16.2. The first kappa shape index (κ1) is 17.3. The number of nitrogens with two attached hydrogens (primary N) is 1. The predicted octanol–water partition coefficient (Wildman–Crippen LogP) is 3.37. The first-order valence-electron chi connectivity index (χ1n) is 9.76. The number of nitrogens with zero attached hydrogens (tertiary/aromatic N) is 1. The number of likely N-dealkylation sites (tertiary alicyclic amines) is 1. The van der Waals surface area contributed by atoms with Crippen LogP contribution in [0.4, 0.5) is 0 Å². The molecule has 1 amide bonds. The van der Waals surface area contributed by atoms with Gasteiger partial charge in [-0.1, -0.05) is 54.1 Å². The second-order valence-electron chi connectivity index (χ2n) is 8.06. The summed E-state index contributed by atoms with van der Waals surface area (Å²) in [5, 5.41) is 0. The van der Waals surface area contributed by atoms with E-state index in [9.17, 15) is 4.79 Å². The molecule has 1 aliphatic carbocycles. The molecule has 1 heterocycles. The zero-order chi connectivity index (χ0) is 18.1. The van der Waals surface area contributed by atoms with E-state index in [2.05, 4.69) is 55.5 Å². The largest absolute Gasteiger partial charge is 0.341 e. The second kappa shape index (κ2) is 6.88. The van der Waals surface area contributed by atoms with Crippen molar-refractivity contribution in [2.24, 2.45) is 5.73 Å². The van der Waals surface area contributed by atoms with E-state index in [0.717, 1.165) is 31.5 Å². The van der Waals surface area contributed by atoms with Crippen LogP contribution < -0.4 is 5.73 Å². The van der Waals surface area contributed by atoms with Crippen molar-refractivity contribution < 1.29 is 4.79 Å². The molecule has 2 aromatic carbocycles. The fourth-order valence-electron chi connectivity index (χ4n) is 4.74. The monoisotopic (exact) mass is 348 g/mol. The van der Waals surface area contributed by atoms with Crippen molar-refractivity contribution in [2.45, 2.75) is 50.5 Å². The fourth-order valence-corrected chi connectivity index (χ4v) is 4.74. The molecule has 1 atom stereocenters. The molecular formula is C23H28N2O. The van der Waals surface area contributed by atoms with Gasteiger partial charge in [-0.2, -0.15) is 0 Å². The fraction of sp³-hybridized carbons (Fsp3) is 0.435. The minimum atomic E-state index is -0.442. The van der Waals surface area contributed by atoms with Gasteiger partial charge in [0.15, 0.2) is 0 Å². The lowest BCUT2D eigenvalue weighted by molar-refractivity contribution is -0.134. The number of carbonyl (C=O) groups is 1. The zero-order valence-corrected chi connectivity index (χ0v) is 15.6. The van der Waals surface area contributed by atoms with Crippen molar-refractivity contribution in [3.63, 3.8) is 0 Å². The second-order valence-corrected chi connectivity index (χ2v) is 8.06. The van der Waals surface area contributed by atoms with Crippen LogP contribution in [-0.2, 0) is 23.1 Å². The molecular weight excluding hydrogens is 320 g/mol. The third-order valence-electron chi connectivity index (χ3n) is 6.39. The Labute approximate surface area is 156 Å². The molecule has 1 aliphatic heterocycles. The summed E-state index contributed by atoms with van der Waals surface area (Å²) in [6.45, 7) is 3.73. The van der Waals surface area contributed by atoms with Crippen molar-refractivity contribution in [3.05, 3.63) is 70.8 Å². The van der Waals surface area contributed by atoms with Crippen LogP contribution in [-0.4, -0.2) is 29.9 Å². The third kappa shape index (κ3) is 3.16. The number of hydrogen-bond donors (Lipinski definition) is 1. The average Bonchev–Trinajstić information content (AvgIpc) is 3.02. The van der Waals surface area contributed by atoms with E-state index in [1.54, 1.807) is 0 Å². The Balaban J connectivity index is 1.39. The van der Waals surface area contributed by atoms with Crippen molar-refractivity contribution in [1.82, 2.24) is 4.90 Å². The Kier molecular flexibility index (Phi) is 4.58. The van der Waals surface area contributed by atoms with Gasteiger partial charge in [0.2, 0.25) is 5.91 Å². The molecule has 0 radical (unpaired) electrons. The molecule has 0 saturated carbocycles. The molecule has 2 N–H and O–H groups in total. The van der Waals surface area contributed by atoms with E-state index in [1.807, 2.05) is 4.90 Å². The molecule has 3 nitrogen and oxygen atoms in total. The van der Waals surface area contributed by atoms with Crippen molar-refractivity contribution in [2.75, 3.05) is 13.1 Å². The summed E-state index contributed by atoms with van der Waals surface area (Å²) in [6.07, 6.45) is 5.14. The zero-order valence-electron chi connectivity index (χ0n) is 15.6. The van der Waals surface area contributed by atoms with Crippen LogP contribution >= 0.6 is 0 Å². The van der Waals surface area contributed by atoms with Gasteiger partial charge in [-0.3, -0.25) is 4.79 Å². The molecule has 26 heavy (non-hydrogen) atoms. The van der Waals surface area contributed by atoms with Crippen LogP contribution in [0.5, 0.6) is 0 Å². The quantitative estimate of drug-likeness (QED) is 0.924. The number of fused-ring (bicyclic) bond motifs is 2. The van der Waals surface area contributed by atoms with E-state index in [1.165, 1.54) is 29.5 Å². The van der Waals surface area contributed by atoms with Crippen LogP contribution in [0.3, 0.4) is 0 Å². The Morgan fingerprint density at radius 2 is 1.77 bits per heavy atom. The highest BCUT2D eigenvalue weighted by Gasteiger charge is 2.42. The standard InChI is InChI=1S/C23H28N2O/c1-17-6-8-18(9-7-17)16-21(24)22(26)25-14-12-23(13-15-25)11-10-19-4-2-3-5-20(19)23/h2-9,21H,10-16,24H2,1H3. The maximum absolute atomic E-state index is 12.8. The number of aryl methyl sites for hydroxylation is 2. The van der Waals surface area contributed by atoms with Gasteiger partial charge in [-0.25, -0.2) is 0 Å². The summed E-state index contributed by atoms with van der Waals surface area (Å²) in [6, 6.07) is 16.7. The first-order chi connectivity index (χ1) is 12.6. The van der Waals surface area contributed by atoms with Gasteiger partial charge >= 0.3 is 0 Å². The summed E-state index contributed by atoms with van der Waals surface area (Å²) in [7, 11) is 0. The van der Waals surface area contributed by atoms with Gasteiger partial charge in [-0.05, 0) is 61.1 Å². The van der Waals surface area contributed by atoms with Crippen molar-refractivity contribution in [3.8, 4) is 0 Å². The average molecular weight is 348 g/mol. The smallest absolute Gasteiger partial charge is 0.239 e. The number of benzene rings is 2. The van der Waals surface area contributed by atoms with Gasteiger partial charge < -0.3 is 10.6 Å². The molecule has 136 valence electrons. The van der Waals surface area contributed by atoms with E-state index >= 15 is 0 Å². The lowest BCUT2D eigenvalue weighted by atomic mass is 9.74. The minimum Gasteiger partial charge on any atom is -0.341 e. The molecule has 1 spiro atoms. The summed E-state index contributed by atoms with van der Waals surface area (Å²) >= 11 is 0. The molecule has 1 saturated heterocycles. The van der Waals surface area contributed by atoms with Crippen LogP contribution in [0, 0.1) is 6.92 Å². The molecule has 2 aromatic rings. The molecule has 4 rings (SSSR count). The number of amides is 1.